The Bertz CT molecular complexity index is 2460. The summed E-state index contributed by atoms with van der Waals surface area (Å²) in [6.07, 6.45) is 0. The van der Waals surface area contributed by atoms with Gasteiger partial charge in [-0.15, -0.1) is 34.0 Å². The van der Waals surface area contributed by atoms with E-state index in [9.17, 15) is 0 Å². The quantitative estimate of drug-likeness (QED) is 0.196. The number of halogens is 1. The largest absolute Gasteiger partial charge is 0.309 e. The van der Waals surface area contributed by atoms with E-state index in [4.69, 9.17) is 11.6 Å². The Balaban J connectivity index is 1.35. The smallest absolute Gasteiger partial charge is 0.0640 e. The number of rotatable bonds is 3. The fourth-order valence-electron chi connectivity index (χ4n) is 6.10. The van der Waals surface area contributed by atoms with Gasteiger partial charge in [0.2, 0.25) is 0 Å². The van der Waals surface area contributed by atoms with Crippen molar-refractivity contribution in [3.63, 3.8) is 0 Å². The van der Waals surface area contributed by atoms with Crippen LogP contribution in [-0.2, 0) is 0 Å². The highest BCUT2D eigenvalue weighted by Gasteiger charge is 2.20. The highest BCUT2D eigenvalue weighted by molar-refractivity contribution is 7.27. The monoisotopic (exact) mass is 597 g/mol. The van der Waals surface area contributed by atoms with Crippen LogP contribution in [0.25, 0.3) is 60.5 Å². The van der Waals surface area contributed by atoms with Crippen molar-refractivity contribution < 1.29 is 0 Å². The lowest BCUT2D eigenvalue weighted by Gasteiger charge is -2.26. The Morgan fingerprint density at radius 3 is 1.90 bits per heavy atom. The second kappa shape index (κ2) is 9.04. The first-order chi connectivity index (χ1) is 20.2. The molecule has 0 unspecified atom stereocenters. The Morgan fingerprint density at radius 1 is 0.439 bits per heavy atom. The third-order valence-electron chi connectivity index (χ3n) is 7.93. The lowest BCUT2D eigenvalue weighted by atomic mass is 10.1. The Morgan fingerprint density at radius 2 is 1.05 bits per heavy atom. The van der Waals surface area contributed by atoms with Crippen molar-refractivity contribution in [2.45, 2.75) is 0 Å². The van der Waals surface area contributed by atoms with Gasteiger partial charge < -0.3 is 4.90 Å². The molecule has 0 aliphatic carbocycles. The Kier molecular flexibility index (Phi) is 5.23. The topological polar surface area (TPSA) is 3.24 Å². The average molecular weight is 598 g/mol. The molecule has 0 fully saturated rings. The van der Waals surface area contributed by atoms with Crippen LogP contribution < -0.4 is 4.90 Å². The summed E-state index contributed by atoms with van der Waals surface area (Å²) < 4.78 is 7.68. The first-order valence-electron chi connectivity index (χ1n) is 13.5. The third kappa shape index (κ3) is 3.58. The molecular weight excluding hydrogens is 578 g/mol. The van der Waals surface area contributed by atoms with Gasteiger partial charge in [0.15, 0.2) is 0 Å². The summed E-state index contributed by atoms with van der Waals surface area (Å²) >= 11 is 12.3. The summed E-state index contributed by atoms with van der Waals surface area (Å²) in [5.41, 5.74) is 3.47. The molecule has 9 aromatic rings. The van der Waals surface area contributed by atoms with Gasteiger partial charge in [0.25, 0.3) is 0 Å². The molecule has 1 nitrogen and oxygen atoms in total. The molecule has 0 N–H and O–H groups in total. The van der Waals surface area contributed by atoms with Gasteiger partial charge in [-0.3, -0.25) is 0 Å². The molecule has 6 aromatic carbocycles. The van der Waals surface area contributed by atoms with Crippen molar-refractivity contribution in [2.75, 3.05) is 4.90 Å². The van der Waals surface area contributed by atoms with E-state index in [0.29, 0.717) is 0 Å². The average Bonchev–Trinajstić information content (AvgIpc) is 3.69. The number of anilines is 3. The standard InChI is InChI=1S/C36H20ClNS3/c37-28-10-6-14-33-35(28)26-9-5-11-29(36(26)41-33)38(21-16-18-32-27(19-21)24-8-2-4-13-31(24)39-32)22-15-17-25-23-7-1-3-12-30(23)40-34(25)20-22/h1-20H. The maximum atomic E-state index is 6.75. The van der Waals surface area contributed by atoms with Crippen molar-refractivity contribution in [1.82, 2.24) is 0 Å². The minimum Gasteiger partial charge on any atom is -0.309 e. The van der Waals surface area contributed by atoms with Crippen molar-refractivity contribution in [3.05, 3.63) is 126 Å². The summed E-state index contributed by atoms with van der Waals surface area (Å²) in [5, 5.41) is 8.36. The minimum absolute atomic E-state index is 0.801. The molecule has 0 saturated carbocycles. The van der Waals surface area contributed by atoms with Gasteiger partial charge in [-0.05, 0) is 60.7 Å². The van der Waals surface area contributed by atoms with Crippen LogP contribution in [0, 0.1) is 0 Å². The van der Waals surface area contributed by atoms with Gasteiger partial charge in [0.05, 0.1) is 10.4 Å². The van der Waals surface area contributed by atoms with Crippen molar-refractivity contribution in [3.8, 4) is 0 Å². The number of hydrogen-bond donors (Lipinski definition) is 0. The number of nitrogens with zero attached hydrogens (tertiary/aromatic N) is 1. The minimum atomic E-state index is 0.801. The first kappa shape index (κ1) is 23.7. The zero-order valence-corrected chi connectivity index (χ0v) is 24.8. The molecule has 0 spiro atoms. The van der Waals surface area contributed by atoms with Crippen LogP contribution >= 0.6 is 45.6 Å². The van der Waals surface area contributed by atoms with E-state index in [2.05, 4.69) is 114 Å². The Labute approximate surface area is 253 Å². The van der Waals surface area contributed by atoms with Crippen LogP contribution in [-0.4, -0.2) is 0 Å². The second-order valence-electron chi connectivity index (χ2n) is 10.3. The molecule has 0 aliphatic rings. The molecule has 5 heteroatoms. The molecule has 194 valence electrons. The number of benzene rings is 6. The molecule has 3 heterocycles. The van der Waals surface area contributed by atoms with E-state index in [1.165, 1.54) is 60.8 Å². The molecule has 3 aromatic heterocycles. The highest BCUT2D eigenvalue weighted by Crippen LogP contribution is 2.48. The molecule has 0 bridgehead atoms. The molecule has 0 saturated heterocycles. The van der Waals surface area contributed by atoms with E-state index >= 15 is 0 Å². The summed E-state index contributed by atoms with van der Waals surface area (Å²) in [5.74, 6) is 0. The van der Waals surface area contributed by atoms with Crippen LogP contribution in [0.4, 0.5) is 17.1 Å². The van der Waals surface area contributed by atoms with Crippen LogP contribution in [0.3, 0.4) is 0 Å². The lowest BCUT2D eigenvalue weighted by Crippen LogP contribution is -2.09. The van der Waals surface area contributed by atoms with Crippen LogP contribution in [0.1, 0.15) is 0 Å². The molecule has 9 rings (SSSR count). The van der Waals surface area contributed by atoms with Crippen LogP contribution in [0.5, 0.6) is 0 Å². The SMILES string of the molecule is Clc1cccc2sc3c(N(c4ccc5c(c4)sc4ccccc45)c4ccc5sc6ccccc6c5c4)cccc3c12. The first-order valence-corrected chi connectivity index (χ1v) is 16.3. The lowest BCUT2D eigenvalue weighted by molar-refractivity contribution is 1.32. The van der Waals surface area contributed by atoms with Gasteiger partial charge in [0.1, 0.15) is 0 Å². The summed E-state index contributed by atoms with van der Waals surface area (Å²) in [7, 11) is 0. The van der Waals surface area contributed by atoms with Gasteiger partial charge in [-0.2, -0.15) is 0 Å². The predicted octanol–water partition coefficient (Wildman–Crippen LogP) is 12.9. The number of thiophene rings is 3. The van der Waals surface area contributed by atoms with E-state index in [-0.39, 0.29) is 0 Å². The molecule has 0 aliphatic heterocycles. The molecule has 0 radical (unpaired) electrons. The van der Waals surface area contributed by atoms with Crippen molar-refractivity contribution >= 4 is 123 Å². The summed E-state index contributed by atoms with van der Waals surface area (Å²) in [4.78, 5) is 2.43. The van der Waals surface area contributed by atoms with Gasteiger partial charge >= 0.3 is 0 Å². The Hall–Kier alpha value is -3.93. The predicted molar refractivity (Wildman–Crippen MR) is 185 cm³/mol. The second-order valence-corrected chi connectivity index (χ2v) is 13.9. The normalized spacial score (nSPS) is 12.0. The zero-order valence-electron chi connectivity index (χ0n) is 21.6. The van der Waals surface area contributed by atoms with Gasteiger partial charge in [-0.25, -0.2) is 0 Å². The van der Waals surface area contributed by atoms with Crippen LogP contribution in [0.2, 0.25) is 5.02 Å². The van der Waals surface area contributed by atoms with Crippen LogP contribution in [0.15, 0.2) is 121 Å². The molecule has 0 atom stereocenters. The zero-order chi connectivity index (χ0) is 27.1. The molecular formula is C36H20ClNS3. The van der Waals surface area contributed by atoms with E-state index in [1.54, 1.807) is 0 Å². The third-order valence-corrected chi connectivity index (χ3v) is 11.7. The van der Waals surface area contributed by atoms with Gasteiger partial charge in [-0.1, -0.05) is 72.3 Å². The van der Waals surface area contributed by atoms with E-state index in [0.717, 1.165) is 21.8 Å². The van der Waals surface area contributed by atoms with E-state index in [1.807, 2.05) is 46.1 Å². The van der Waals surface area contributed by atoms with Gasteiger partial charge in [0, 0.05) is 72.2 Å². The van der Waals surface area contributed by atoms with Crippen molar-refractivity contribution in [2.24, 2.45) is 0 Å². The highest BCUT2D eigenvalue weighted by atomic mass is 35.5. The maximum Gasteiger partial charge on any atom is 0.0640 e. The fraction of sp³-hybridized carbons (Fsp3) is 0. The summed E-state index contributed by atoms with van der Waals surface area (Å²) in [6, 6.07) is 44.1. The van der Waals surface area contributed by atoms with Crippen molar-refractivity contribution in [1.29, 1.82) is 0 Å². The summed E-state index contributed by atoms with van der Waals surface area (Å²) in [6.45, 7) is 0. The number of fused-ring (bicyclic) bond motifs is 9. The fourth-order valence-corrected chi connectivity index (χ4v) is 9.89. The molecule has 41 heavy (non-hydrogen) atoms. The number of hydrogen-bond acceptors (Lipinski definition) is 4. The van der Waals surface area contributed by atoms with E-state index < -0.39 is 0 Å². The molecule has 0 amide bonds. The maximum absolute atomic E-state index is 6.75.